The molecule has 2 heterocycles. The minimum atomic E-state index is -0.691. The number of ketones is 1. The number of nitrogens with two attached hydrogens (primary N) is 1. The Balaban J connectivity index is 1.62. The number of Topliss-reactive ketones (excluding diaryl/α,β-unsaturated/α-hetero) is 1. The first kappa shape index (κ1) is 22.1. The number of fused-ring (bicyclic) bond motifs is 1. The van der Waals surface area contributed by atoms with Crippen molar-refractivity contribution in [1.29, 1.82) is 0 Å². The van der Waals surface area contributed by atoms with E-state index in [-0.39, 0.29) is 34.2 Å². The lowest BCUT2D eigenvalue weighted by Gasteiger charge is -2.29. The average Bonchev–Trinajstić information content (AvgIpc) is 3.50. The Bertz CT molecular complexity index is 1110. The lowest BCUT2D eigenvalue weighted by Crippen LogP contribution is -2.30. The first-order chi connectivity index (χ1) is 15.7. The van der Waals surface area contributed by atoms with Gasteiger partial charge in [0, 0.05) is 25.7 Å². The second-order valence-electron chi connectivity index (χ2n) is 10.5. The number of rotatable bonds is 6. The van der Waals surface area contributed by atoms with E-state index in [9.17, 15) is 9.59 Å². The van der Waals surface area contributed by atoms with Crippen molar-refractivity contribution in [1.82, 2.24) is 9.78 Å². The molecular formula is C25H31FN4O3. The second-order valence-corrected chi connectivity index (χ2v) is 10.5. The molecule has 7 nitrogen and oxygen atoms in total. The zero-order valence-corrected chi connectivity index (χ0v) is 19.2. The molecule has 0 atom stereocenters. The largest absolute Gasteiger partial charge is 0.381 e. The van der Waals surface area contributed by atoms with Crippen LogP contribution < -0.4 is 11.1 Å². The fraction of sp³-hybridized carbons (Fsp3) is 0.560. The molecule has 1 saturated carbocycles. The number of benzene rings is 1. The van der Waals surface area contributed by atoms with Gasteiger partial charge in [0.2, 0.25) is 0 Å². The average molecular weight is 455 g/mol. The highest BCUT2D eigenvalue weighted by atomic mass is 19.1. The van der Waals surface area contributed by atoms with Crippen LogP contribution in [0.4, 0.5) is 10.1 Å². The Hall–Kier alpha value is -2.74. The van der Waals surface area contributed by atoms with Gasteiger partial charge in [-0.1, -0.05) is 13.8 Å². The molecule has 176 valence electrons. The van der Waals surface area contributed by atoms with Gasteiger partial charge >= 0.3 is 0 Å². The highest BCUT2D eigenvalue weighted by Crippen LogP contribution is 2.41. The van der Waals surface area contributed by atoms with Gasteiger partial charge in [0.05, 0.1) is 28.2 Å². The van der Waals surface area contributed by atoms with Gasteiger partial charge in [0.1, 0.15) is 5.69 Å². The lowest BCUT2D eigenvalue weighted by molar-refractivity contribution is 0.0901. The van der Waals surface area contributed by atoms with Gasteiger partial charge in [-0.2, -0.15) is 5.10 Å². The molecule has 2 fully saturated rings. The van der Waals surface area contributed by atoms with Crippen molar-refractivity contribution in [3.05, 3.63) is 40.5 Å². The van der Waals surface area contributed by atoms with E-state index in [0.29, 0.717) is 50.4 Å². The van der Waals surface area contributed by atoms with Crippen molar-refractivity contribution in [2.75, 3.05) is 18.5 Å². The van der Waals surface area contributed by atoms with Crippen LogP contribution in [-0.4, -0.2) is 40.7 Å². The molecule has 2 aromatic rings. The molecule has 0 unspecified atom stereocenters. The zero-order valence-electron chi connectivity index (χ0n) is 19.2. The molecule has 1 aromatic carbocycles. The van der Waals surface area contributed by atoms with Gasteiger partial charge in [0.15, 0.2) is 11.6 Å². The van der Waals surface area contributed by atoms with Crippen LogP contribution in [0.1, 0.15) is 78.1 Å². The fourth-order valence-corrected chi connectivity index (χ4v) is 5.09. The molecule has 1 aromatic heterocycles. The van der Waals surface area contributed by atoms with Crippen LogP contribution in [0, 0.1) is 17.2 Å². The van der Waals surface area contributed by atoms with E-state index in [2.05, 4.69) is 19.2 Å². The van der Waals surface area contributed by atoms with Crippen molar-refractivity contribution in [2.45, 2.75) is 64.8 Å². The van der Waals surface area contributed by atoms with E-state index in [4.69, 9.17) is 15.6 Å². The Kier molecular flexibility index (Phi) is 5.51. The minimum Gasteiger partial charge on any atom is -0.381 e. The van der Waals surface area contributed by atoms with Crippen molar-refractivity contribution in [3.8, 4) is 5.69 Å². The first-order valence-electron chi connectivity index (χ1n) is 11.8. The molecule has 5 rings (SSSR count). The molecule has 1 aliphatic heterocycles. The normalized spacial score (nSPS) is 20.5. The number of carbonyl (C=O) groups excluding carboxylic acids is 2. The van der Waals surface area contributed by atoms with E-state index in [1.165, 1.54) is 0 Å². The summed E-state index contributed by atoms with van der Waals surface area (Å²) in [6.45, 7) is 5.27. The number of aromatic nitrogens is 2. The number of primary amides is 1. The predicted octanol–water partition coefficient (Wildman–Crippen LogP) is 3.81. The number of anilines is 1. The Labute approximate surface area is 192 Å². The topological polar surface area (TPSA) is 99.2 Å². The van der Waals surface area contributed by atoms with Crippen LogP contribution in [-0.2, 0) is 17.6 Å². The quantitative estimate of drug-likeness (QED) is 0.692. The number of halogens is 1. The van der Waals surface area contributed by atoms with E-state index in [1.54, 1.807) is 16.8 Å². The summed E-state index contributed by atoms with van der Waals surface area (Å²) in [5, 5.41) is 7.97. The van der Waals surface area contributed by atoms with Crippen LogP contribution in [0.25, 0.3) is 5.69 Å². The van der Waals surface area contributed by atoms with Gasteiger partial charge in [-0.25, -0.2) is 9.07 Å². The minimum absolute atomic E-state index is 0.0147. The van der Waals surface area contributed by atoms with Crippen LogP contribution >= 0.6 is 0 Å². The summed E-state index contributed by atoms with van der Waals surface area (Å²) in [7, 11) is 0. The highest BCUT2D eigenvalue weighted by Gasteiger charge is 2.38. The standard InChI is InChI=1S/C25H31FN4O3/c1-25(2)12-19-21(20(31)13-25)17(11-14-3-4-14)29-30(19)18-6-5-16(24(27)32)23(22(18)26)28-15-7-9-33-10-8-15/h5-6,14-15,28H,3-4,7-13H2,1-2H3,(H2,27,32). The fourth-order valence-electron chi connectivity index (χ4n) is 5.09. The summed E-state index contributed by atoms with van der Waals surface area (Å²) in [6.07, 6.45) is 5.55. The summed E-state index contributed by atoms with van der Waals surface area (Å²) in [4.78, 5) is 25.2. The van der Waals surface area contributed by atoms with Crippen LogP contribution in [0.15, 0.2) is 12.1 Å². The smallest absolute Gasteiger partial charge is 0.250 e. The van der Waals surface area contributed by atoms with Crippen LogP contribution in [0.5, 0.6) is 0 Å². The molecule has 2 aliphatic carbocycles. The molecule has 1 amide bonds. The van der Waals surface area contributed by atoms with Crippen molar-refractivity contribution < 1.29 is 18.7 Å². The summed E-state index contributed by atoms with van der Waals surface area (Å²) < 4.78 is 23.0. The molecule has 3 aliphatic rings. The SMILES string of the molecule is CC1(C)CC(=O)c2c(CC3CC3)nn(-c3ccc(C(N)=O)c(NC4CCOCC4)c3F)c2C1. The van der Waals surface area contributed by atoms with E-state index in [1.807, 2.05) is 0 Å². The van der Waals surface area contributed by atoms with Crippen molar-refractivity contribution >= 4 is 17.4 Å². The van der Waals surface area contributed by atoms with E-state index >= 15 is 4.39 Å². The second kappa shape index (κ2) is 8.24. The number of nitrogens with one attached hydrogen (secondary N) is 1. The molecular weight excluding hydrogens is 423 g/mol. The third-order valence-corrected chi connectivity index (χ3v) is 6.98. The number of nitrogens with zero attached hydrogens (tertiary/aromatic N) is 2. The number of hydrogen-bond acceptors (Lipinski definition) is 5. The van der Waals surface area contributed by atoms with Gasteiger partial charge in [-0.15, -0.1) is 0 Å². The molecule has 0 bridgehead atoms. The summed E-state index contributed by atoms with van der Waals surface area (Å²) in [6, 6.07) is 3.08. The van der Waals surface area contributed by atoms with Crippen molar-refractivity contribution in [3.63, 3.8) is 0 Å². The third-order valence-electron chi connectivity index (χ3n) is 6.98. The number of ether oxygens (including phenoxy) is 1. The van der Waals surface area contributed by atoms with Gasteiger partial charge in [-0.05, 0) is 62.0 Å². The van der Waals surface area contributed by atoms with E-state index < -0.39 is 11.7 Å². The molecule has 0 spiro atoms. The highest BCUT2D eigenvalue weighted by molar-refractivity contribution is 6.00. The molecule has 33 heavy (non-hydrogen) atoms. The van der Waals surface area contributed by atoms with E-state index in [0.717, 1.165) is 30.7 Å². The Morgan fingerprint density at radius 3 is 2.64 bits per heavy atom. The number of hydrogen-bond donors (Lipinski definition) is 2. The molecule has 3 N–H and O–H groups in total. The maximum Gasteiger partial charge on any atom is 0.250 e. The number of amides is 1. The number of carbonyl (C=O) groups is 2. The maximum atomic E-state index is 16.0. The van der Waals surface area contributed by atoms with Gasteiger partial charge in [-0.3, -0.25) is 9.59 Å². The van der Waals surface area contributed by atoms with Gasteiger partial charge < -0.3 is 15.8 Å². The first-order valence-corrected chi connectivity index (χ1v) is 11.8. The third kappa shape index (κ3) is 4.28. The molecule has 1 saturated heterocycles. The molecule has 0 radical (unpaired) electrons. The predicted molar refractivity (Wildman–Crippen MR) is 122 cm³/mol. The zero-order chi connectivity index (χ0) is 23.3. The molecule has 8 heteroatoms. The summed E-state index contributed by atoms with van der Waals surface area (Å²) >= 11 is 0. The Morgan fingerprint density at radius 1 is 1.24 bits per heavy atom. The Morgan fingerprint density at radius 2 is 1.97 bits per heavy atom. The summed E-state index contributed by atoms with van der Waals surface area (Å²) in [5.74, 6) is -0.633. The summed E-state index contributed by atoms with van der Waals surface area (Å²) in [5.41, 5.74) is 7.98. The van der Waals surface area contributed by atoms with Crippen LogP contribution in [0.2, 0.25) is 0 Å². The van der Waals surface area contributed by atoms with Crippen molar-refractivity contribution in [2.24, 2.45) is 17.1 Å². The van der Waals surface area contributed by atoms with Crippen LogP contribution in [0.3, 0.4) is 0 Å². The monoisotopic (exact) mass is 454 g/mol. The lowest BCUT2D eigenvalue weighted by atomic mass is 9.75. The maximum absolute atomic E-state index is 16.0. The van der Waals surface area contributed by atoms with Gasteiger partial charge in [0.25, 0.3) is 5.91 Å².